The van der Waals surface area contributed by atoms with E-state index in [1.807, 2.05) is 36.4 Å². The topological polar surface area (TPSA) is 61.8 Å². The molecule has 2 aromatic carbocycles. The lowest BCUT2D eigenvalue weighted by Crippen LogP contribution is -2.41. The molecule has 1 atom stereocenters. The molecule has 2 aliphatic rings. The van der Waals surface area contributed by atoms with Crippen LogP contribution in [0.4, 0.5) is 17.1 Å². The van der Waals surface area contributed by atoms with Crippen LogP contribution in [0.25, 0.3) is 0 Å². The summed E-state index contributed by atoms with van der Waals surface area (Å²) in [6.07, 6.45) is 6.01. The Hall–Kier alpha value is -2.95. The molecule has 0 radical (unpaired) electrons. The number of rotatable bonds is 6. The number of nitrogens with zero attached hydrogens (tertiary/aromatic N) is 2. The predicted molar refractivity (Wildman–Crippen MR) is 117 cm³/mol. The lowest BCUT2D eigenvalue weighted by Gasteiger charge is -2.24. The van der Waals surface area contributed by atoms with Crippen molar-refractivity contribution in [1.29, 1.82) is 0 Å². The maximum absolute atomic E-state index is 13.2. The zero-order chi connectivity index (χ0) is 20.2. The van der Waals surface area contributed by atoms with Gasteiger partial charge in [0.25, 0.3) is 0 Å². The van der Waals surface area contributed by atoms with Crippen molar-refractivity contribution in [1.82, 2.24) is 0 Å². The van der Waals surface area contributed by atoms with Crippen LogP contribution in [0.15, 0.2) is 53.5 Å². The van der Waals surface area contributed by atoms with Crippen molar-refractivity contribution in [3.05, 3.63) is 54.1 Å². The Balaban J connectivity index is 1.49. The standard InChI is InChI=1S/C24H27N3O2/c1-2-3-7-17-12-14-18(15-13-17)25-23(28)16-27-22-11-5-4-9-21(22)26-20-10-6-8-19(20)24(27)29/h4-5,9,11-15,19H,2-3,6-8,10,16H2,1H3,(H,25,28)/t19-/m1/s1. The number of carbonyl (C=O) groups is 2. The third-order valence-corrected chi connectivity index (χ3v) is 5.69. The number of aliphatic imine (C=N–C) groups is 1. The van der Waals surface area contributed by atoms with E-state index in [0.29, 0.717) is 5.69 Å². The maximum Gasteiger partial charge on any atom is 0.244 e. The van der Waals surface area contributed by atoms with Gasteiger partial charge in [0, 0.05) is 11.4 Å². The minimum atomic E-state index is -0.201. The summed E-state index contributed by atoms with van der Waals surface area (Å²) in [6, 6.07) is 15.5. The van der Waals surface area contributed by atoms with Crippen molar-refractivity contribution in [3.8, 4) is 0 Å². The number of amides is 2. The Labute approximate surface area is 171 Å². The number of hydrogen-bond donors (Lipinski definition) is 1. The SMILES string of the molecule is CCCCc1ccc(NC(=O)CN2C(=O)[C@@H]3CCCC3=Nc3ccccc32)cc1. The van der Waals surface area contributed by atoms with Gasteiger partial charge in [-0.25, -0.2) is 0 Å². The van der Waals surface area contributed by atoms with Gasteiger partial charge in [0.1, 0.15) is 6.54 Å². The average molecular weight is 389 g/mol. The van der Waals surface area contributed by atoms with Gasteiger partial charge in [-0.05, 0) is 61.9 Å². The molecule has 1 aliphatic heterocycles. The molecule has 1 aliphatic carbocycles. The highest BCUT2D eigenvalue weighted by Gasteiger charge is 2.37. The molecule has 5 nitrogen and oxygen atoms in total. The van der Waals surface area contributed by atoms with Crippen LogP contribution in [0.2, 0.25) is 0 Å². The largest absolute Gasteiger partial charge is 0.325 e. The predicted octanol–water partition coefficient (Wildman–Crippen LogP) is 4.89. The second-order valence-electron chi connectivity index (χ2n) is 7.81. The first-order valence-electron chi connectivity index (χ1n) is 10.5. The van der Waals surface area contributed by atoms with Gasteiger partial charge in [-0.15, -0.1) is 0 Å². The van der Waals surface area contributed by atoms with Gasteiger partial charge in [0.15, 0.2) is 0 Å². The summed E-state index contributed by atoms with van der Waals surface area (Å²) >= 11 is 0. The number of hydrogen-bond acceptors (Lipinski definition) is 3. The number of aryl methyl sites for hydroxylation is 1. The molecule has 1 fully saturated rings. The van der Waals surface area contributed by atoms with Gasteiger partial charge < -0.3 is 10.2 Å². The van der Waals surface area contributed by atoms with E-state index in [4.69, 9.17) is 4.99 Å². The molecule has 0 aromatic heterocycles. The molecule has 1 N–H and O–H groups in total. The summed E-state index contributed by atoms with van der Waals surface area (Å²) in [5.41, 5.74) is 4.46. The molecule has 0 bridgehead atoms. The minimum absolute atomic E-state index is 0.00721. The summed E-state index contributed by atoms with van der Waals surface area (Å²) in [5, 5.41) is 2.93. The van der Waals surface area contributed by atoms with E-state index in [1.165, 1.54) is 5.56 Å². The molecule has 150 valence electrons. The van der Waals surface area contributed by atoms with Gasteiger partial charge in [0.05, 0.1) is 17.3 Å². The number of fused-ring (bicyclic) bond motifs is 2. The van der Waals surface area contributed by atoms with E-state index in [0.717, 1.165) is 55.6 Å². The first-order chi connectivity index (χ1) is 14.2. The van der Waals surface area contributed by atoms with E-state index >= 15 is 0 Å². The molecule has 2 amide bonds. The molecule has 2 aromatic rings. The number of nitrogens with one attached hydrogen (secondary N) is 1. The van der Waals surface area contributed by atoms with Crippen molar-refractivity contribution in [2.24, 2.45) is 10.9 Å². The maximum atomic E-state index is 13.2. The zero-order valence-electron chi connectivity index (χ0n) is 16.9. The molecule has 1 saturated carbocycles. The van der Waals surface area contributed by atoms with Crippen LogP contribution in [0.3, 0.4) is 0 Å². The van der Waals surface area contributed by atoms with Crippen molar-refractivity contribution in [2.45, 2.75) is 45.4 Å². The molecule has 0 unspecified atom stereocenters. The molecule has 4 rings (SSSR count). The first kappa shape index (κ1) is 19.4. The first-order valence-corrected chi connectivity index (χ1v) is 10.5. The third kappa shape index (κ3) is 4.24. The molecule has 29 heavy (non-hydrogen) atoms. The normalized spacial score (nSPS) is 18.0. The average Bonchev–Trinajstić information content (AvgIpc) is 3.16. The Morgan fingerprint density at radius 1 is 1.17 bits per heavy atom. The minimum Gasteiger partial charge on any atom is -0.325 e. The number of anilines is 2. The van der Waals surface area contributed by atoms with Crippen LogP contribution in [0.5, 0.6) is 0 Å². The second-order valence-corrected chi connectivity index (χ2v) is 7.81. The summed E-state index contributed by atoms with van der Waals surface area (Å²) < 4.78 is 0. The lowest BCUT2D eigenvalue weighted by atomic mass is 10.1. The molecule has 0 saturated heterocycles. The molecule has 5 heteroatoms. The summed E-state index contributed by atoms with van der Waals surface area (Å²) in [6.45, 7) is 2.17. The quantitative estimate of drug-likeness (QED) is 0.765. The molecular weight excluding hydrogens is 362 g/mol. The van der Waals surface area contributed by atoms with Crippen LogP contribution >= 0.6 is 0 Å². The Morgan fingerprint density at radius 3 is 2.76 bits per heavy atom. The van der Waals surface area contributed by atoms with Crippen LogP contribution in [-0.2, 0) is 16.0 Å². The van der Waals surface area contributed by atoms with E-state index in [9.17, 15) is 9.59 Å². The van der Waals surface area contributed by atoms with Crippen molar-refractivity contribution >= 4 is 34.6 Å². The Bertz CT molecular complexity index is 933. The van der Waals surface area contributed by atoms with Crippen LogP contribution in [0, 0.1) is 5.92 Å². The fourth-order valence-electron chi connectivity index (χ4n) is 4.12. The van der Waals surface area contributed by atoms with Crippen LogP contribution in [0.1, 0.15) is 44.6 Å². The van der Waals surface area contributed by atoms with Crippen LogP contribution in [-0.4, -0.2) is 24.1 Å². The third-order valence-electron chi connectivity index (χ3n) is 5.69. The summed E-state index contributed by atoms with van der Waals surface area (Å²) in [4.78, 5) is 32.3. The zero-order valence-corrected chi connectivity index (χ0v) is 16.9. The number of para-hydroxylation sites is 2. The number of carbonyl (C=O) groups excluding carboxylic acids is 2. The highest BCUT2D eigenvalue weighted by molar-refractivity contribution is 6.16. The van der Waals surface area contributed by atoms with Crippen molar-refractivity contribution < 1.29 is 9.59 Å². The molecular formula is C24H27N3O2. The van der Waals surface area contributed by atoms with E-state index in [1.54, 1.807) is 4.90 Å². The van der Waals surface area contributed by atoms with Crippen molar-refractivity contribution in [3.63, 3.8) is 0 Å². The smallest absolute Gasteiger partial charge is 0.244 e. The van der Waals surface area contributed by atoms with Gasteiger partial charge in [-0.1, -0.05) is 37.6 Å². The van der Waals surface area contributed by atoms with E-state index < -0.39 is 0 Å². The van der Waals surface area contributed by atoms with Gasteiger partial charge >= 0.3 is 0 Å². The molecule has 1 heterocycles. The van der Waals surface area contributed by atoms with E-state index in [2.05, 4.69) is 24.4 Å². The Morgan fingerprint density at radius 2 is 1.97 bits per heavy atom. The van der Waals surface area contributed by atoms with Crippen LogP contribution < -0.4 is 10.2 Å². The van der Waals surface area contributed by atoms with Gasteiger partial charge in [-0.2, -0.15) is 0 Å². The summed E-state index contributed by atoms with van der Waals surface area (Å²) in [5.74, 6) is -0.416. The highest BCUT2D eigenvalue weighted by atomic mass is 16.2. The summed E-state index contributed by atoms with van der Waals surface area (Å²) in [7, 11) is 0. The van der Waals surface area contributed by atoms with Crippen molar-refractivity contribution in [2.75, 3.05) is 16.8 Å². The van der Waals surface area contributed by atoms with Gasteiger partial charge in [0.2, 0.25) is 11.8 Å². The monoisotopic (exact) mass is 389 g/mol. The van der Waals surface area contributed by atoms with E-state index in [-0.39, 0.29) is 24.3 Å². The fourth-order valence-corrected chi connectivity index (χ4v) is 4.12. The number of unbranched alkanes of at least 4 members (excludes halogenated alkanes) is 1. The molecule has 0 spiro atoms. The lowest BCUT2D eigenvalue weighted by molar-refractivity contribution is -0.122. The highest BCUT2D eigenvalue weighted by Crippen LogP contribution is 2.37. The van der Waals surface area contributed by atoms with Gasteiger partial charge in [-0.3, -0.25) is 14.6 Å². The fraction of sp³-hybridized carbons (Fsp3) is 0.375. The Kier molecular flexibility index (Phi) is 5.74. The second kappa shape index (κ2) is 8.60. The number of benzene rings is 2.